The van der Waals surface area contributed by atoms with Crippen LogP contribution in [0.25, 0.3) is 0 Å². The molecule has 0 bridgehead atoms. The minimum Gasteiger partial charge on any atom is -0.462 e. The van der Waals surface area contributed by atoms with E-state index in [9.17, 15) is 4.79 Å². The maximum atomic E-state index is 11.1. The summed E-state index contributed by atoms with van der Waals surface area (Å²) in [6.45, 7) is 2.98. The quantitative estimate of drug-likeness (QED) is 0.605. The molecule has 3 nitrogen and oxygen atoms in total. The third-order valence-electron chi connectivity index (χ3n) is 3.41. The van der Waals surface area contributed by atoms with Gasteiger partial charge in [-0.3, -0.25) is 4.79 Å². The van der Waals surface area contributed by atoms with Crippen LogP contribution in [0.1, 0.15) is 19.8 Å². The Morgan fingerprint density at radius 2 is 2.38 bits per heavy atom. The van der Waals surface area contributed by atoms with Crippen LogP contribution in [0.5, 0.6) is 0 Å². The zero-order valence-electron chi connectivity index (χ0n) is 8.16. The summed E-state index contributed by atoms with van der Waals surface area (Å²) in [5, 5.41) is 0. The lowest BCUT2D eigenvalue weighted by Crippen LogP contribution is -2.20. The number of hydrogen-bond donors (Lipinski definition) is 0. The number of rotatable bonds is 2. The molecule has 2 fully saturated rings. The van der Waals surface area contributed by atoms with E-state index in [4.69, 9.17) is 9.47 Å². The van der Waals surface area contributed by atoms with Crippen molar-refractivity contribution in [3.8, 4) is 0 Å². The van der Waals surface area contributed by atoms with Crippen LogP contribution >= 0.6 is 0 Å². The topological polar surface area (TPSA) is 35.5 Å². The Morgan fingerprint density at radius 1 is 1.62 bits per heavy atom. The van der Waals surface area contributed by atoms with Crippen LogP contribution in [-0.4, -0.2) is 25.8 Å². The fourth-order valence-corrected chi connectivity index (χ4v) is 2.72. The van der Waals surface area contributed by atoms with Crippen LogP contribution in [0.4, 0.5) is 0 Å². The Kier molecular flexibility index (Phi) is 2.28. The van der Waals surface area contributed by atoms with E-state index in [0.717, 1.165) is 13.0 Å². The Hall–Kier alpha value is -0.570. The van der Waals surface area contributed by atoms with Crippen LogP contribution in [0.2, 0.25) is 0 Å². The molecule has 0 aromatic rings. The predicted octanol–water partition coefficient (Wildman–Crippen LogP) is 1.22. The molecule has 2 aliphatic rings. The van der Waals surface area contributed by atoms with Crippen molar-refractivity contribution >= 4 is 5.97 Å². The van der Waals surface area contributed by atoms with E-state index in [0.29, 0.717) is 24.2 Å². The molecule has 4 atom stereocenters. The minimum absolute atomic E-state index is 0.0250. The van der Waals surface area contributed by atoms with Crippen LogP contribution < -0.4 is 0 Å². The van der Waals surface area contributed by atoms with Gasteiger partial charge in [0.15, 0.2) is 0 Å². The van der Waals surface area contributed by atoms with Crippen LogP contribution in [0.3, 0.4) is 0 Å². The fourth-order valence-electron chi connectivity index (χ4n) is 2.72. The summed E-state index contributed by atoms with van der Waals surface area (Å²) < 4.78 is 10.4. The van der Waals surface area contributed by atoms with Crippen molar-refractivity contribution in [3.05, 3.63) is 0 Å². The van der Waals surface area contributed by atoms with Gasteiger partial charge in [-0.1, -0.05) is 6.92 Å². The van der Waals surface area contributed by atoms with Gasteiger partial charge in [0.2, 0.25) is 0 Å². The van der Waals surface area contributed by atoms with E-state index in [2.05, 4.69) is 6.92 Å². The molecule has 0 spiro atoms. The molecule has 3 heteroatoms. The molecule has 2 rings (SSSR count). The van der Waals surface area contributed by atoms with Crippen molar-refractivity contribution in [2.24, 2.45) is 17.8 Å². The zero-order valence-corrected chi connectivity index (χ0v) is 8.16. The summed E-state index contributed by atoms with van der Waals surface area (Å²) in [5.41, 5.74) is 0. The Balaban J connectivity index is 2.05. The SMILES string of the molecule is COC[C@H]1[C@@H]2CC(=O)O[C@@H]2C[C@@H]1C. The third-order valence-corrected chi connectivity index (χ3v) is 3.41. The van der Waals surface area contributed by atoms with E-state index >= 15 is 0 Å². The summed E-state index contributed by atoms with van der Waals surface area (Å²) in [6.07, 6.45) is 1.80. The summed E-state index contributed by atoms with van der Waals surface area (Å²) in [4.78, 5) is 11.1. The van der Waals surface area contributed by atoms with Gasteiger partial charge in [0.25, 0.3) is 0 Å². The third kappa shape index (κ3) is 1.46. The van der Waals surface area contributed by atoms with E-state index in [1.807, 2.05) is 0 Å². The number of ether oxygens (including phenoxy) is 2. The van der Waals surface area contributed by atoms with Gasteiger partial charge in [0.05, 0.1) is 6.42 Å². The summed E-state index contributed by atoms with van der Waals surface area (Å²) in [5.74, 6) is 1.54. The Bertz CT molecular complexity index is 214. The van der Waals surface area contributed by atoms with E-state index in [1.165, 1.54) is 0 Å². The van der Waals surface area contributed by atoms with E-state index < -0.39 is 0 Å². The van der Waals surface area contributed by atoms with Crippen LogP contribution in [-0.2, 0) is 14.3 Å². The molecule has 1 saturated heterocycles. The maximum absolute atomic E-state index is 11.1. The molecule has 0 amide bonds. The predicted molar refractivity (Wildman–Crippen MR) is 47.1 cm³/mol. The molecule has 1 aliphatic heterocycles. The van der Waals surface area contributed by atoms with Crippen molar-refractivity contribution in [1.82, 2.24) is 0 Å². The molecular weight excluding hydrogens is 168 g/mol. The molecule has 13 heavy (non-hydrogen) atoms. The lowest BCUT2D eigenvalue weighted by atomic mass is 9.89. The van der Waals surface area contributed by atoms with Gasteiger partial charge in [-0.2, -0.15) is 0 Å². The average Bonchev–Trinajstić information content (AvgIpc) is 2.52. The maximum Gasteiger partial charge on any atom is 0.306 e. The van der Waals surface area contributed by atoms with Gasteiger partial charge in [-0.25, -0.2) is 0 Å². The Morgan fingerprint density at radius 3 is 3.08 bits per heavy atom. The number of fused-ring (bicyclic) bond motifs is 1. The molecule has 0 radical (unpaired) electrons. The second kappa shape index (κ2) is 3.29. The highest BCUT2D eigenvalue weighted by Crippen LogP contribution is 2.44. The monoisotopic (exact) mass is 184 g/mol. The molecule has 74 valence electrons. The highest BCUT2D eigenvalue weighted by molar-refractivity contribution is 5.72. The van der Waals surface area contributed by atoms with Gasteiger partial charge < -0.3 is 9.47 Å². The van der Waals surface area contributed by atoms with Gasteiger partial charge in [0, 0.05) is 19.6 Å². The van der Waals surface area contributed by atoms with Crippen molar-refractivity contribution in [1.29, 1.82) is 0 Å². The molecule has 0 aromatic heterocycles. The first-order valence-electron chi connectivity index (χ1n) is 4.90. The van der Waals surface area contributed by atoms with E-state index in [1.54, 1.807) is 7.11 Å². The van der Waals surface area contributed by atoms with Gasteiger partial charge >= 0.3 is 5.97 Å². The summed E-state index contributed by atoms with van der Waals surface area (Å²) >= 11 is 0. The van der Waals surface area contributed by atoms with Crippen molar-refractivity contribution in [2.45, 2.75) is 25.9 Å². The first kappa shape index (κ1) is 9.00. The van der Waals surface area contributed by atoms with Gasteiger partial charge in [0.1, 0.15) is 6.10 Å². The largest absolute Gasteiger partial charge is 0.462 e. The highest BCUT2D eigenvalue weighted by atomic mass is 16.6. The summed E-state index contributed by atoms with van der Waals surface area (Å²) in [7, 11) is 1.72. The molecule has 0 aromatic carbocycles. The van der Waals surface area contributed by atoms with Gasteiger partial charge in [-0.15, -0.1) is 0 Å². The number of methoxy groups -OCH3 is 1. The lowest BCUT2D eigenvalue weighted by molar-refractivity contribution is -0.141. The minimum atomic E-state index is -0.0250. The smallest absolute Gasteiger partial charge is 0.306 e. The summed E-state index contributed by atoms with van der Waals surface area (Å²) in [6, 6.07) is 0. The normalized spacial score (nSPS) is 43.4. The molecule has 0 unspecified atom stereocenters. The molecule has 1 heterocycles. The zero-order chi connectivity index (χ0) is 9.42. The number of esters is 1. The van der Waals surface area contributed by atoms with Crippen molar-refractivity contribution in [2.75, 3.05) is 13.7 Å². The molecule has 1 saturated carbocycles. The average molecular weight is 184 g/mol. The lowest BCUT2D eigenvalue weighted by Gasteiger charge is -2.18. The van der Waals surface area contributed by atoms with E-state index in [-0.39, 0.29) is 12.1 Å². The standard InChI is InChI=1S/C10H16O3/c1-6-3-9-7(4-10(11)13-9)8(6)5-12-2/h6-9H,3-5H2,1-2H3/t6-,7-,8+,9+/m0/s1. The van der Waals surface area contributed by atoms with Crippen molar-refractivity contribution in [3.63, 3.8) is 0 Å². The Labute approximate surface area is 78.4 Å². The molecule has 0 N–H and O–H groups in total. The number of hydrogen-bond acceptors (Lipinski definition) is 3. The molecule has 1 aliphatic carbocycles. The first-order chi connectivity index (χ1) is 6.22. The van der Waals surface area contributed by atoms with Crippen LogP contribution in [0.15, 0.2) is 0 Å². The van der Waals surface area contributed by atoms with Crippen molar-refractivity contribution < 1.29 is 14.3 Å². The number of carbonyl (C=O) groups is 1. The number of carbonyl (C=O) groups excluding carboxylic acids is 1. The highest BCUT2D eigenvalue weighted by Gasteiger charge is 2.48. The molecular formula is C10H16O3. The fraction of sp³-hybridized carbons (Fsp3) is 0.900. The first-order valence-corrected chi connectivity index (χ1v) is 4.90. The second-order valence-corrected chi connectivity index (χ2v) is 4.23. The van der Waals surface area contributed by atoms with Crippen LogP contribution in [0, 0.1) is 17.8 Å². The van der Waals surface area contributed by atoms with Gasteiger partial charge in [-0.05, 0) is 18.3 Å². The second-order valence-electron chi connectivity index (χ2n) is 4.23.